The third-order valence-electron chi connectivity index (χ3n) is 6.01. The molecule has 4 rings (SSSR count). The van der Waals surface area contributed by atoms with Crippen LogP contribution in [0.4, 0.5) is 0 Å². The van der Waals surface area contributed by atoms with Crippen molar-refractivity contribution in [2.24, 2.45) is 4.99 Å². The highest BCUT2D eigenvalue weighted by molar-refractivity contribution is 8.16. The van der Waals surface area contributed by atoms with Crippen LogP contribution in [0.1, 0.15) is 56.0 Å². The van der Waals surface area contributed by atoms with Gasteiger partial charge in [-0.3, -0.25) is 9.78 Å². The summed E-state index contributed by atoms with van der Waals surface area (Å²) >= 11 is 1.45. The summed E-state index contributed by atoms with van der Waals surface area (Å²) in [5.74, 6) is -0.189. The lowest BCUT2D eigenvalue weighted by molar-refractivity contribution is -0.138. The molecule has 0 saturated heterocycles. The van der Waals surface area contributed by atoms with Crippen molar-refractivity contribution in [3.8, 4) is 0 Å². The molecule has 0 saturated carbocycles. The molecule has 0 aliphatic carbocycles. The molecule has 3 heterocycles. The van der Waals surface area contributed by atoms with E-state index in [1.807, 2.05) is 47.6 Å². The number of hydrogen-bond donors (Lipinski definition) is 1. The second kappa shape index (κ2) is 11.4. The number of fused-ring (bicyclic) bond motifs is 1. The fourth-order valence-electron chi connectivity index (χ4n) is 4.14. The fourth-order valence-corrected chi connectivity index (χ4v) is 5.10. The van der Waals surface area contributed by atoms with Gasteiger partial charge in [0.25, 0.3) is 0 Å². The Hall–Kier alpha value is -3.65. The summed E-state index contributed by atoms with van der Waals surface area (Å²) in [5.41, 5.74) is 4.76. The Morgan fingerprint density at radius 1 is 1.22 bits per heavy atom. The van der Waals surface area contributed by atoms with Crippen molar-refractivity contribution in [2.45, 2.75) is 45.7 Å². The van der Waals surface area contributed by atoms with E-state index in [1.165, 1.54) is 17.3 Å². The van der Waals surface area contributed by atoms with Crippen LogP contribution in [0.3, 0.4) is 0 Å². The second-order valence-electron chi connectivity index (χ2n) is 8.88. The van der Waals surface area contributed by atoms with Crippen LogP contribution in [0, 0.1) is 0 Å². The lowest BCUT2D eigenvalue weighted by atomic mass is 9.92. The minimum atomic E-state index is -0.458. The summed E-state index contributed by atoms with van der Waals surface area (Å²) in [5, 5.41) is 5.60. The molecule has 1 atom stereocenters. The predicted molar refractivity (Wildman–Crippen MR) is 143 cm³/mol. The van der Waals surface area contributed by atoms with Gasteiger partial charge in [-0.25, -0.2) is 9.79 Å². The number of amides is 1. The lowest BCUT2D eigenvalue weighted by Gasteiger charge is -2.36. The molecular formula is C28H30N4O3S. The molecule has 7 nitrogen and oxygen atoms in total. The molecule has 186 valence electrons. The summed E-state index contributed by atoms with van der Waals surface area (Å²) in [7, 11) is 0. The maximum atomic E-state index is 13.2. The van der Waals surface area contributed by atoms with E-state index in [2.05, 4.69) is 42.9 Å². The van der Waals surface area contributed by atoms with Gasteiger partial charge in [-0.1, -0.05) is 68.6 Å². The molecule has 1 amide bonds. The zero-order valence-corrected chi connectivity index (χ0v) is 21.5. The van der Waals surface area contributed by atoms with E-state index in [9.17, 15) is 9.59 Å². The maximum absolute atomic E-state index is 13.2. The van der Waals surface area contributed by atoms with Crippen LogP contribution in [0.15, 0.2) is 88.7 Å². The zero-order valence-electron chi connectivity index (χ0n) is 20.7. The van der Waals surface area contributed by atoms with E-state index in [0.29, 0.717) is 23.7 Å². The van der Waals surface area contributed by atoms with Crippen LogP contribution in [0.25, 0.3) is 0 Å². The Bertz CT molecular complexity index is 1230. The summed E-state index contributed by atoms with van der Waals surface area (Å²) in [6.07, 6.45) is 3.39. The number of pyridine rings is 1. The fraction of sp³-hybridized carbons (Fsp3) is 0.286. The van der Waals surface area contributed by atoms with Crippen molar-refractivity contribution in [1.29, 1.82) is 0 Å². The molecule has 2 aliphatic heterocycles. The number of hydrogen-bond acceptors (Lipinski definition) is 7. The number of thioether (sulfide) groups is 1. The largest absolute Gasteiger partial charge is 0.458 e. The molecule has 0 radical (unpaired) electrons. The third-order valence-corrected chi connectivity index (χ3v) is 6.89. The summed E-state index contributed by atoms with van der Waals surface area (Å²) in [6.45, 7) is 10.2. The number of amidine groups is 1. The van der Waals surface area contributed by atoms with E-state index in [-0.39, 0.29) is 18.9 Å². The third kappa shape index (κ3) is 5.60. The number of rotatable bonds is 9. The quantitative estimate of drug-likeness (QED) is 0.374. The van der Waals surface area contributed by atoms with E-state index < -0.39 is 12.0 Å². The highest BCUT2D eigenvalue weighted by atomic mass is 32.2. The van der Waals surface area contributed by atoms with Crippen LogP contribution in [0.2, 0.25) is 0 Å². The monoisotopic (exact) mass is 502 g/mol. The number of nitrogens with one attached hydrogen (secondary N) is 1. The van der Waals surface area contributed by atoms with E-state index in [4.69, 9.17) is 9.73 Å². The van der Waals surface area contributed by atoms with Gasteiger partial charge in [0.05, 0.1) is 36.0 Å². The summed E-state index contributed by atoms with van der Waals surface area (Å²) in [6, 6.07) is 13.4. The number of aromatic nitrogens is 1. The van der Waals surface area contributed by atoms with Crippen LogP contribution < -0.4 is 5.32 Å². The minimum absolute atomic E-state index is 0.110. The Labute approximate surface area is 216 Å². The Morgan fingerprint density at radius 3 is 2.67 bits per heavy atom. The Balaban J connectivity index is 1.62. The number of esters is 1. The number of benzene rings is 1. The van der Waals surface area contributed by atoms with Crippen LogP contribution in [-0.4, -0.2) is 33.5 Å². The van der Waals surface area contributed by atoms with Crippen molar-refractivity contribution in [3.05, 3.63) is 101 Å². The van der Waals surface area contributed by atoms with Crippen molar-refractivity contribution < 1.29 is 14.3 Å². The molecule has 1 N–H and O–H groups in total. The molecule has 36 heavy (non-hydrogen) atoms. The minimum Gasteiger partial charge on any atom is -0.458 e. The molecule has 1 aromatic carbocycles. The molecule has 8 heteroatoms. The first-order chi connectivity index (χ1) is 17.4. The molecule has 0 spiro atoms. The van der Waals surface area contributed by atoms with Crippen molar-refractivity contribution in [1.82, 2.24) is 15.2 Å². The van der Waals surface area contributed by atoms with Gasteiger partial charge in [0.2, 0.25) is 5.91 Å². The zero-order chi connectivity index (χ0) is 25.7. The van der Waals surface area contributed by atoms with E-state index >= 15 is 0 Å². The van der Waals surface area contributed by atoms with Crippen LogP contribution >= 0.6 is 11.8 Å². The number of allylic oxidation sites excluding steroid dienone is 1. The Morgan fingerprint density at radius 2 is 2.00 bits per heavy atom. The maximum Gasteiger partial charge on any atom is 0.338 e. The molecule has 2 aromatic rings. The van der Waals surface area contributed by atoms with Gasteiger partial charge in [-0.2, -0.15) is 0 Å². The number of carbonyl (C=O) groups excluding carboxylic acids is 2. The van der Waals surface area contributed by atoms with E-state index in [1.54, 1.807) is 12.3 Å². The van der Waals surface area contributed by atoms with Crippen LogP contribution in [0.5, 0.6) is 0 Å². The first kappa shape index (κ1) is 25.4. The van der Waals surface area contributed by atoms with E-state index in [0.717, 1.165) is 22.1 Å². The second-order valence-corrected chi connectivity index (χ2v) is 9.71. The van der Waals surface area contributed by atoms with Crippen molar-refractivity contribution in [3.63, 3.8) is 0 Å². The Kier molecular flexibility index (Phi) is 8.05. The predicted octanol–water partition coefficient (Wildman–Crippen LogP) is 5.22. The van der Waals surface area contributed by atoms with Gasteiger partial charge in [0.15, 0.2) is 5.17 Å². The summed E-state index contributed by atoms with van der Waals surface area (Å²) in [4.78, 5) is 37.0. The first-order valence-corrected chi connectivity index (χ1v) is 12.8. The molecule has 0 fully saturated rings. The standard InChI is InChI=1S/C28H30N4O3S/c1-5-14-35-27(34)25-19(4)31-28-32(26(25)21-11-9-20(10-12-21)18(2)3)23(17-36-28)15-24(33)30-16-22-8-6-7-13-29-22/h5-13,17-18,26H,1,14-16H2,2-4H3,(H,30,33)/t26-/m1/s1. The van der Waals surface area contributed by atoms with Crippen molar-refractivity contribution in [2.75, 3.05) is 6.61 Å². The summed E-state index contributed by atoms with van der Waals surface area (Å²) < 4.78 is 5.44. The normalized spacial score (nSPS) is 16.9. The van der Waals surface area contributed by atoms with Gasteiger partial charge in [0.1, 0.15) is 6.61 Å². The molecule has 1 aromatic heterocycles. The van der Waals surface area contributed by atoms with Gasteiger partial charge >= 0.3 is 5.97 Å². The number of nitrogens with zero attached hydrogens (tertiary/aromatic N) is 3. The molecule has 0 unspecified atom stereocenters. The SMILES string of the molecule is C=CCOC(=O)C1=C(C)N=C2SC=C(CC(=O)NCc3ccccn3)N2[C@@H]1c1ccc(C(C)C)cc1. The van der Waals surface area contributed by atoms with Gasteiger partial charge in [0, 0.05) is 11.9 Å². The van der Waals surface area contributed by atoms with Gasteiger partial charge < -0.3 is 15.0 Å². The average molecular weight is 503 g/mol. The van der Waals surface area contributed by atoms with Crippen LogP contribution in [-0.2, 0) is 20.9 Å². The number of carbonyl (C=O) groups is 2. The molecular weight excluding hydrogens is 472 g/mol. The number of aliphatic imine (C=N–C) groups is 1. The average Bonchev–Trinajstić information content (AvgIpc) is 3.27. The molecule has 0 bridgehead atoms. The topological polar surface area (TPSA) is 83.9 Å². The van der Waals surface area contributed by atoms with Gasteiger partial charge in [-0.05, 0) is 41.5 Å². The molecule has 2 aliphatic rings. The first-order valence-electron chi connectivity index (χ1n) is 11.9. The highest BCUT2D eigenvalue weighted by Gasteiger charge is 2.41. The van der Waals surface area contributed by atoms with Crippen molar-refractivity contribution >= 4 is 28.8 Å². The smallest absolute Gasteiger partial charge is 0.338 e. The van der Waals surface area contributed by atoms with Gasteiger partial charge in [-0.15, -0.1) is 0 Å². The lowest BCUT2D eigenvalue weighted by Crippen LogP contribution is -2.38. The number of ether oxygens (including phenoxy) is 1. The highest BCUT2D eigenvalue weighted by Crippen LogP contribution is 2.45.